The van der Waals surface area contributed by atoms with Crippen LogP contribution in [0.2, 0.25) is 0 Å². The number of amidine groups is 1. The summed E-state index contributed by atoms with van der Waals surface area (Å²) in [6.07, 6.45) is 0. The monoisotopic (exact) mass is 327 g/mol. The van der Waals surface area contributed by atoms with Crippen molar-refractivity contribution in [3.63, 3.8) is 0 Å². The van der Waals surface area contributed by atoms with Crippen molar-refractivity contribution in [2.24, 2.45) is 16.3 Å². The molecule has 0 aliphatic carbocycles. The van der Waals surface area contributed by atoms with Gasteiger partial charge in [-0.25, -0.2) is 0 Å². The molecule has 19 heavy (non-hydrogen) atoms. The fraction of sp³-hybridized carbons (Fsp3) is 0.500. The van der Waals surface area contributed by atoms with Crippen molar-refractivity contribution in [3.8, 4) is 0 Å². The Bertz CT molecular complexity index is 480. The predicted octanol–water partition coefficient (Wildman–Crippen LogP) is 3.41. The van der Waals surface area contributed by atoms with E-state index in [-0.39, 0.29) is 11.3 Å². The first-order valence-electron chi connectivity index (χ1n) is 6.18. The minimum atomic E-state index is 0.102. The van der Waals surface area contributed by atoms with Crippen LogP contribution in [0.1, 0.15) is 33.3 Å². The standard InChI is InChI=1S/C14H22BrN3O/c1-9(14(2,3)4)18(5)10-6-7-11(12(15)8-10)13(16)17-19/h6-9,19H,1-5H3,(H2,16,17). The normalized spacial score (nSPS) is 14.3. The van der Waals surface area contributed by atoms with Gasteiger partial charge in [0.15, 0.2) is 5.84 Å². The molecule has 0 saturated heterocycles. The Morgan fingerprint density at radius 2 is 2.00 bits per heavy atom. The number of oxime groups is 1. The lowest BCUT2D eigenvalue weighted by molar-refractivity contribution is 0.318. The van der Waals surface area contributed by atoms with E-state index in [0.717, 1.165) is 10.2 Å². The van der Waals surface area contributed by atoms with Gasteiger partial charge in [0.25, 0.3) is 0 Å². The topological polar surface area (TPSA) is 61.8 Å². The Morgan fingerprint density at radius 3 is 2.42 bits per heavy atom. The fourth-order valence-corrected chi connectivity index (χ4v) is 2.36. The lowest BCUT2D eigenvalue weighted by Crippen LogP contribution is -2.39. The van der Waals surface area contributed by atoms with E-state index in [1.807, 2.05) is 18.2 Å². The number of nitrogens with two attached hydrogens (primary N) is 1. The van der Waals surface area contributed by atoms with Crippen LogP contribution in [0.5, 0.6) is 0 Å². The molecule has 0 radical (unpaired) electrons. The molecule has 5 heteroatoms. The highest BCUT2D eigenvalue weighted by Gasteiger charge is 2.24. The maximum absolute atomic E-state index is 8.72. The van der Waals surface area contributed by atoms with Crippen molar-refractivity contribution in [1.82, 2.24) is 0 Å². The van der Waals surface area contributed by atoms with Gasteiger partial charge in [-0.1, -0.05) is 25.9 Å². The van der Waals surface area contributed by atoms with Gasteiger partial charge in [-0.15, -0.1) is 0 Å². The van der Waals surface area contributed by atoms with Crippen molar-refractivity contribution in [1.29, 1.82) is 0 Å². The van der Waals surface area contributed by atoms with Crippen molar-refractivity contribution in [2.75, 3.05) is 11.9 Å². The molecule has 4 nitrogen and oxygen atoms in total. The summed E-state index contributed by atoms with van der Waals surface area (Å²) in [4.78, 5) is 2.22. The van der Waals surface area contributed by atoms with Crippen LogP contribution in [0.4, 0.5) is 5.69 Å². The Hall–Kier alpha value is -1.23. The van der Waals surface area contributed by atoms with Gasteiger partial charge in [0.2, 0.25) is 0 Å². The zero-order valence-electron chi connectivity index (χ0n) is 12.1. The molecule has 1 unspecified atom stereocenters. The molecule has 0 fully saturated rings. The Labute approximate surface area is 123 Å². The van der Waals surface area contributed by atoms with Crippen molar-refractivity contribution < 1.29 is 5.21 Å². The third-order valence-electron chi connectivity index (χ3n) is 3.58. The number of benzene rings is 1. The molecule has 0 amide bonds. The summed E-state index contributed by atoms with van der Waals surface area (Å²) < 4.78 is 0.813. The average Bonchev–Trinajstić information content (AvgIpc) is 2.34. The second-order valence-electron chi connectivity index (χ2n) is 5.80. The van der Waals surface area contributed by atoms with Crippen LogP contribution in [-0.2, 0) is 0 Å². The van der Waals surface area contributed by atoms with Crippen LogP contribution in [0.25, 0.3) is 0 Å². The van der Waals surface area contributed by atoms with E-state index in [0.29, 0.717) is 11.6 Å². The van der Waals surface area contributed by atoms with E-state index in [1.165, 1.54) is 0 Å². The fourth-order valence-electron chi connectivity index (χ4n) is 1.79. The molecule has 0 heterocycles. The van der Waals surface area contributed by atoms with Gasteiger partial charge in [-0.05, 0) is 46.5 Å². The Kier molecular flexibility index (Phi) is 4.85. The molecule has 0 spiro atoms. The second kappa shape index (κ2) is 5.82. The number of rotatable bonds is 3. The van der Waals surface area contributed by atoms with Crippen molar-refractivity contribution in [2.45, 2.75) is 33.7 Å². The van der Waals surface area contributed by atoms with E-state index in [4.69, 9.17) is 10.9 Å². The van der Waals surface area contributed by atoms with Crippen LogP contribution in [0.15, 0.2) is 27.8 Å². The van der Waals surface area contributed by atoms with E-state index >= 15 is 0 Å². The largest absolute Gasteiger partial charge is 0.409 e. The van der Waals surface area contributed by atoms with Crippen LogP contribution in [-0.4, -0.2) is 24.1 Å². The summed E-state index contributed by atoms with van der Waals surface area (Å²) in [7, 11) is 2.07. The first kappa shape index (κ1) is 15.8. The minimum absolute atomic E-state index is 0.102. The number of nitrogens with zero attached hydrogens (tertiary/aromatic N) is 2. The Balaban J connectivity index is 3.08. The summed E-state index contributed by atoms with van der Waals surface area (Å²) in [5.74, 6) is 0.102. The van der Waals surface area contributed by atoms with Gasteiger partial charge in [0, 0.05) is 28.8 Å². The summed E-state index contributed by atoms with van der Waals surface area (Å²) >= 11 is 3.46. The summed E-state index contributed by atoms with van der Waals surface area (Å²) in [5.41, 5.74) is 7.56. The van der Waals surface area contributed by atoms with Gasteiger partial charge in [-0.2, -0.15) is 0 Å². The summed E-state index contributed by atoms with van der Waals surface area (Å²) in [6.45, 7) is 8.85. The second-order valence-corrected chi connectivity index (χ2v) is 6.66. The average molecular weight is 328 g/mol. The van der Waals surface area contributed by atoms with E-state index in [1.54, 1.807) is 0 Å². The van der Waals surface area contributed by atoms with Crippen LogP contribution in [0, 0.1) is 5.41 Å². The molecular formula is C14H22BrN3O. The third kappa shape index (κ3) is 3.62. The number of anilines is 1. The maximum atomic E-state index is 8.72. The van der Waals surface area contributed by atoms with Crippen LogP contribution < -0.4 is 10.6 Å². The molecule has 0 aliphatic heterocycles. The maximum Gasteiger partial charge on any atom is 0.171 e. The lowest BCUT2D eigenvalue weighted by atomic mass is 9.87. The van der Waals surface area contributed by atoms with E-state index in [2.05, 4.69) is 60.7 Å². The zero-order chi connectivity index (χ0) is 14.8. The lowest BCUT2D eigenvalue weighted by Gasteiger charge is -2.37. The SMILES string of the molecule is CC(N(C)c1ccc(/C(N)=N/O)c(Br)c1)C(C)(C)C. The molecule has 1 aromatic carbocycles. The molecule has 1 atom stereocenters. The minimum Gasteiger partial charge on any atom is -0.409 e. The summed E-state index contributed by atoms with van der Waals surface area (Å²) in [5, 5.41) is 11.7. The van der Waals surface area contributed by atoms with Crippen LogP contribution in [0.3, 0.4) is 0 Å². The summed E-state index contributed by atoms with van der Waals surface area (Å²) in [6, 6.07) is 6.19. The van der Waals surface area contributed by atoms with Gasteiger partial charge >= 0.3 is 0 Å². The number of hydrogen-bond acceptors (Lipinski definition) is 3. The quantitative estimate of drug-likeness (QED) is 0.387. The molecule has 0 saturated carbocycles. The highest BCUT2D eigenvalue weighted by Crippen LogP contribution is 2.30. The molecule has 0 aromatic heterocycles. The predicted molar refractivity (Wildman–Crippen MR) is 84.0 cm³/mol. The molecule has 1 aromatic rings. The van der Waals surface area contributed by atoms with Crippen LogP contribution >= 0.6 is 15.9 Å². The first-order valence-corrected chi connectivity index (χ1v) is 6.98. The van der Waals surface area contributed by atoms with E-state index < -0.39 is 0 Å². The first-order chi connectivity index (χ1) is 8.68. The zero-order valence-corrected chi connectivity index (χ0v) is 13.7. The number of halogens is 1. The molecule has 0 aliphatic rings. The molecule has 1 rings (SSSR count). The van der Waals surface area contributed by atoms with E-state index in [9.17, 15) is 0 Å². The highest BCUT2D eigenvalue weighted by atomic mass is 79.9. The molecule has 106 valence electrons. The van der Waals surface area contributed by atoms with Crippen molar-refractivity contribution >= 4 is 27.5 Å². The molecule has 0 bridgehead atoms. The molecule has 3 N–H and O–H groups in total. The van der Waals surface area contributed by atoms with Gasteiger partial charge in [-0.3, -0.25) is 0 Å². The highest BCUT2D eigenvalue weighted by molar-refractivity contribution is 9.10. The number of hydrogen-bond donors (Lipinski definition) is 2. The van der Waals surface area contributed by atoms with Crippen molar-refractivity contribution in [3.05, 3.63) is 28.2 Å². The van der Waals surface area contributed by atoms with Gasteiger partial charge < -0.3 is 15.8 Å². The molecular weight excluding hydrogens is 306 g/mol. The smallest absolute Gasteiger partial charge is 0.171 e. The van der Waals surface area contributed by atoms with Gasteiger partial charge in [0.05, 0.1) is 0 Å². The Morgan fingerprint density at radius 1 is 1.42 bits per heavy atom. The third-order valence-corrected chi connectivity index (χ3v) is 4.23. The van der Waals surface area contributed by atoms with Gasteiger partial charge in [0.1, 0.15) is 0 Å².